The van der Waals surface area contributed by atoms with Crippen LogP contribution in [0.2, 0.25) is 0 Å². The molecule has 1 amide bonds. The summed E-state index contributed by atoms with van der Waals surface area (Å²) in [5.41, 5.74) is 0.611. The predicted molar refractivity (Wildman–Crippen MR) is 68.8 cm³/mol. The maximum atomic E-state index is 11.9. The first-order valence-electron chi connectivity index (χ1n) is 5.12. The van der Waals surface area contributed by atoms with Gasteiger partial charge in [-0.25, -0.2) is 0 Å². The Morgan fingerprint density at radius 2 is 2.24 bits per heavy atom. The minimum absolute atomic E-state index is 0.118. The molecule has 0 spiro atoms. The average molecular weight is 246 g/mol. The largest absolute Gasteiger partial charge is 0.497 e. The minimum atomic E-state index is -0.118. The molecule has 3 nitrogen and oxygen atoms in total. The molecule has 0 fully saturated rings. The van der Waals surface area contributed by atoms with E-state index >= 15 is 0 Å². The third-order valence-electron chi connectivity index (χ3n) is 2.22. The van der Waals surface area contributed by atoms with Gasteiger partial charge in [0.15, 0.2) is 0 Å². The number of rotatable bonds is 3. The molecule has 1 heterocycles. The van der Waals surface area contributed by atoms with Crippen molar-refractivity contribution < 1.29 is 9.53 Å². The molecule has 0 aliphatic rings. The first-order chi connectivity index (χ1) is 8.19. The molecule has 0 saturated carbocycles. The number of benzene rings is 1. The number of hydrogen-bond acceptors (Lipinski definition) is 3. The van der Waals surface area contributed by atoms with Crippen molar-refractivity contribution in [3.63, 3.8) is 0 Å². The van der Waals surface area contributed by atoms with E-state index in [9.17, 15) is 4.79 Å². The molecule has 0 aliphatic heterocycles. The zero-order valence-electron chi connectivity index (χ0n) is 9.61. The van der Waals surface area contributed by atoms with Crippen molar-refractivity contribution in [2.45, 2.75) is 6.92 Å². The van der Waals surface area contributed by atoms with Crippen LogP contribution in [-0.4, -0.2) is 13.0 Å². The molecule has 87 valence electrons. The molecular weight excluding hydrogens is 234 g/mol. The molecule has 1 aromatic carbocycles. The van der Waals surface area contributed by atoms with Crippen LogP contribution >= 0.6 is 11.3 Å². The van der Waals surface area contributed by atoms with E-state index in [1.54, 1.807) is 25.3 Å². The van der Waals surface area contributed by atoms with Crippen LogP contribution in [0.15, 0.2) is 30.3 Å². The fourth-order valence-corrected chi connectivity index (χ4v) is 2.15. The molecule has 0 aliphatic carbocycles. The Labute approximate surface area is 104 Å². The molecule has 2 aromatic rings. The quantitative estimate of drug-likeness (QED) is 0.903. The van der Waals surface area contributed by atoms with Crippen LogP contribution < -0.4 is 10.1 Å². The lowest BCUT2D eigenvalue weighted by Crippen LogP contribution is -2.10. The zero-order chi connectivity index (χ0) is 12.3. The first kappa shape index (κ1) is 11.7. The van der Waals surface area contributed by atoms with Crippen molar-refractivity contribution in [3.8, 4) is 5.75 Å². The molecule has 0 saturated heterocycles. The monoisotopic (exact) mass is 246 g/mol. The highest BCUT2D eigenvalue weighted by Crippen LogP contribution is 2.19. The van der Waals surface area contributed by atoms with Crippen LogP contribution in [0.5, 0.6) is 5.75 Å². The Bertz CT molecular complexity index is 534. The van der Waals surface area contributed by atoms with E-state index in [4.69, 9.17) is 4.74 Å². The van der Waals surface area contributed by atoms with Crippen LogP contribution in [0.3, 0.4) is 0 Å². The molecular formula is C13H12NO2S. The molecule has 0 unspecified atom stereocenters. The second kappa shape index (κ2) is 5.01. The van der Waals surface area contributed by atoms with Gasteiger partial charge in [0.05, 0.1) is 17.7 Å². The van der Waals surface area contributed by atoms with Crippen molar-refractivity contribution in [3.05, 3.63) is 46.2 Å². The second-order valence-electron chi connectivity index (χ2n) is 3.51. The Hall–Kier alpha value is -1.81. The van der Waals surface area contributed by atoms with Crippen molar-refractivity contribution in [2.75, 3.05) is 12.4 Å². The number of methoxy groups -OCH3 is 1. The van der Waals surface area contributed by atoms with Crippen LogP contribution in [0.25, 0.3) is 0 Å². The predicted octanol–water partition coefficient (Wildman–Crippen LogP) is 3.12. The third kappa shape index (κ3) is 2.85. The number of carbonyl (C=O) groups excluding carboxylic acids is 1. The average Bonchev–Trinajstić information content (AvgIpc) is 2.76. The molecule has 1 aromatic heterocycles. The van der Waals surface area contributed by atoms with Gasteiger partial charge in [0.2, 0.25) is 0 Å². The van der Waals surface area contributed by atoms with Crippen LogP contribution in [-0.2, 0) is 0 Å². The van der Waals surface area contributed by atoms with E-state index in [-0.39, 0.29) is 5.91 Å². The lowest BCUT2D eigenvalue weighted by atomic mass is 10.3. The number of nitrogens with one attached hydrogen (secondary N) is 1. The smallest absolute Gasteiger partial charge is 0.265 e. The Morgan fingerprint density at radius 1 is 1.41 bits per heavy atom. The van der Waals surface area contributed by atoms with Crippen LogP contribution in [0.4, 0.5) is 5.69 Å². The number of thiophene rings is 1. The Morgan fingerprint density at radius 3 is 2.88 bits per heavy atom. The number of aryl methyl sites for hydroxylation is 1. The summed E-state index contributed by atoms with van der Waals surface area (Å²) in [4.78, 5) is 13.7. The van der Waals surface area contributed by atoms with Gasteiger partial charge in [0.1, 0.15) is 5.75 Å². The van der Waals surface area contributed by atoms with Gasteiger partial charge in [-0.1, -0.05) is 0 Å². The molecule has 2 rings (SSSR count). The van der Waals surface area contributed by atoms with Crippen LogP contribution in [0.1, 0.15) is 14.5 Å². The van der Waals surface area contributed by atoms with E-state index < -0.39 is 0 Å². The standard InChI is InChI=1S/C13H12NO2S/c1-9-6-7-12(17-9)13(15)14-10-4-3-5-11(8-10)16-2/h3,5-8H,1-2H3,(H,14,15). The van der Waals surface area contributed by atoms with E-state index in [0.29, 0.717) is 16.3 Å². The lowest BCUT2D eigenvalue weighted by molar-refractivity contribution is 0.103. The molecule has 0 atom stereocenters. The van der Waals surface area contributed by atoms with Crippen molar-refractivity contribution in [2.24, 2.45) is 0 Å². The van der Waals surface area contributed by atoms with Gasteiger partial charge in [-0.2, -0.15) is 0 Å². The summed E-state index contributed by atoms with van der Waals surface area (Å²) < 4.78 is 5.08. The summed E-state index contributed by atoms with van der Waals surface area (Å²) in [6, 6.07) is 11.9. The van der Waals surface area contributed by atoms with Gasteiger partial charge >= 0.3 is 0 Å². The molecule has 1 N–H and O–H groups in total. The number of carbonyl (C=O) groups is 1. The lowest BCUT2D eigenvalue weighted by Gasteiger charge is -2.05. The van der Waals surface area contributed by atoms with Gasteiger partial charge in [-0.15, -0.1) is 11.3 Å². The highest BCUT2D eigenvalue weighted by molar-refractivity contribution is 7.14. The minimum Gasteiger partial charge on any atom is -0.497 e. The van der Waals surface area contributed by atoms with E-state index in [0.717, 1.165) is 4.88 Å². The highest BCUT2D eigenvalue weighted by atomic mass is 32.1. The third-order valence-corrected chi connectivity index (χ3v) is 3.22. The molecule has 17 heavy (non-hydrogen) atoms. The van der Waals surface area contributed by atoms with Crippen molar-refractivity contribution in [1.82, 2.24) is 0 Å². The molecule has 1 radical (unpaired) electrons. The zero-order valence-corrected chi connectivity index (χ0v) is 10.4. The molecule has 4 heteroatoms. The Balaban J connectivity index is 2.12. The highest BCUT2D eigenvalue weighted by Gasteiger charge is 2.08. The Kier molecular flexibility index (Phi) is 3.44. The van der Waals surface area contributed by atoms with E-state index in [2.05, 4.69) is 11.4 Å². The fourth-order valence-electron chi connectivity index (χ4n) is 1.39. The fraction of sp³-hybridized carbons (Fsp3) is 0.154. The number of amides is 1. The summed E-state index contributed by atoms with van der Waals surface area (Å²) in [6.07, 6.45) is 0. The molecule has 0 bridgehead atoms. The number of ether oxygens (including phenoxy) is 1. The van der Waals surface area contributed by atoms with Gasteiger partial charge in [-0.05, 0) is 31.2 Å². The summed E-state index contributed by atoms with van der Waals surface area (Å²) in [5, 5.41) is 2.78. The van der Waals surface area contributed by atoms with Crippen LogP contribution in [0, 0.1) is 13.0 Å². The summed E-state index contributed by atoms with van der Waals surface area (Å²) in [7, 11) is 1.59. The van der Waals surface area contributed by atoms with Gasteiger partial charge in [0, 0.05) is 17.0 Å². The second-order valence-corrected chi connectivity index (χ2v) is 4.79. The summed E-state index contributed by atoms with van der Waals surface area (Å²) in [5.74, 6) is 0.578. The van der Waals surface area contributed by atoms with Gasteiger partial charge in [0.25, 0.3) is 5.91 Å². The maximum absolute atomic E-state index is 11.9. The summed E-state index contributed by atoms with van der Waals surface area (Å²) in [6.45, 7) is 1.97. The summed E-state index contributed by atoms with van der Waals surface area (Å²) >= 11 is 1.47. The van der Waals surface area contributed by atoms with Gasteiger partial charge in [-0.3, -0.25) is 4.79 Å². The first-order valence-corrected chi connectivity index (χ1v) is 5.94. The van der Waals surface area contributed by atoms with Gasteiger partial charge < -0.3 is 10.1 Å². The normalized spacial score (nSPS) is 10.0. The topological polar surface area (TPSA) is 38.3 Å². The van der Waals surface area contributed by atoms with E-state index in [1.807, 2.05) is 19.1 Å². The van der Waals surface area contributed by atoms with Crippen molar-refractivity contribution >= 4 is 22.9 Å². The number of anilines is 1. The number of hydrogen-bond donors (Lipinski definition) is 1. The van der Waals surface area contributed by atoms with E-state index in [1.165, 1.54) is 11.3 Å². The van der Waals surface area contributed by atoms with Crippen molar-refractivity contribution in [1.29, 1.82) is 0 Å². The maximum Gasteiger partial charge on any atom is 0.265 e. The SMILES string of the molecule is COc1cc[c]c(NC(=O)c2ccc(C)s2)c1.